The molecule has 0 aliphatic heterocycles. The number of rotatable bonds is 4. The second-order valence-corrected chi connectivity index (χ2v) is 5.80. The van der Waals surface area contributed by atoms with Gasteiger partial charge in [0.2, 0.25) is 0 Å². The SMILES string of the molecule is CCC1(CNC2CC2)CCCc2ccccc21. The molecule has 2 aliphatic carbocycles. The Morgan fingerprint density at radius 1 is 1.29 bits per heavy atom. The molecule has 1 aromatic rings. The Morgan fingerprint density at radius 2 is 2.12 bits per heavy atom. The van der Waals surface area contributed by atoms with Crippen LogP contribution in [0.4, 0.5) is 0 Å². The van der Waals surface area contributed by atoms with Crippen LogP contribution < -0.4 is 5.32 Å². The predicted molar refractivity (Wildman–Crippen MR) is 72.4 cm³/mol. The zero-order chi connectivity index (χ0) is 11.7. The molecule has 0 aromatic heterocycles. The molecule has 1 aromatic carbocycles. The lowest BCUT2D eigenvalue weighted by molar-refractivity contribution is 0.326. The van der Waals surface area contributed by atoms with Crippen molar-refractivity contribution in [2.75, 3.05) is 6.54 Å². The molecule has 1 fully saturated rings. The summed E-state index contributed by atoms with van der Waals surface area (Å²) in [7, 11) is 0. The van der Waals surface area contributed by atoms with Gasteiger partial charge >= 0.3 is 0 Å². The number of hydrogen-bond acceptors (Lipinski definition) is 1. The summed E-state index contributed by atoms with van der Waals surface area (Å²) in [6, 6.07) is 9.93. The maximum Gasteiger partial charge on any atom is 0.00781 e. The average Bonchev–Trinajstić information content (AvgIpc) is 3.20. The van der Waals surface area contributed by atoms with Crippen LogP contribution in [0.5, 0.6) is 0 Å². The summed E-state index contributed by atoms with van der Waals surface area (Å²) in [5, 5.41) is 3.76. The van der Waals surface area contributed by atoms with Gasteiger partial charge in [-0.15, -0.1) is 0 Å². The van der Waals surface area contributed by atoms with Crippen LogP contribution in [-0.4, -0.2) is 12.6 Å². The number of nitrogens with one attached hydrogen (secondary N) is 1. The van der Waals surface area contributed by atoms with Crippen LogP contribution in [0, 0.1) is 0 Å². The standard InChI is InChI=1S/C16H23N/c1-2-16(12-17-14-9-10-14)11-5-7-13-6-3-4-8-15(13)16/h3-4,6,8,14,17H,2,5,7,9-12H2,1H3. The predicted octanol–water partition coefficient (Wildman–Crippen LogP) is 3.42. The second-order valence-electron chi connectivity index (χ2n) is 5.80. The molecular weight excluding hydrogens is 206 g/mol. The lowest BCUT2D eigenvalue weighted by atomic mass is 9.68. The molecule has 1 N–H and O–H groups in total. The van der Waals surface area contributed by atoms with Gasteiger partial charge in [0.25, 0.3) is 0 Å². The van der Waals surface area contributed by atoms with Crippen LogP contribution in [-0.2, 0) is 11.8 Å². The summed E-state index contributed by atoms with van der Waals surface area (Å²) in [6.07, 6.45) is 8.05. The molecule has 0 bridgehead atoms. The molecule has 0 heterocycles. The van der Waals surface area contributed by atoms with E-state index in [-0.39, 0.29) is 0 Å². The first-order valence-electron chi connectivity index (χ1n) is 7.16. The van der Waals surface area contributed by atoms with E-state index in [1.807, 2.05) is 0 Å². The molecule has 1 unspecified atom stereocenters. The number of fused-ring (bicyclic) bond motifs is 1. The van der Waals surface area contributed by atoms with Crippen molar-refractivity contribution >= 4 is 0 Å². The zero-order valence-electron chi connectivity index (χ0n) is 10.8. The lowest BCUT2D eigenvalue weighted by Gasteiger charge is -2.39. The zero-order valence-corrected chi connectivity index (χ0v) is 10.8. The fraction of sp³-hybridized carbons (Fsp3) is 0.625. The highest BCUT2D eigenvalue weighted by atomic mass is 15.0. The van der Waals surface area contributed by atoms with E-state index in [1.165, 1.54) is 45.1 Å². The van der Waals surface area contributed by atoms with E-state index in [0.717, 1.165) is 6.04 Å². The van der Waals surface area contributed by atoms with E-state index in [9.17, 15) is 0 Å². The van der Waals surface area contributed by atoms with Crippen molar-refractivity contribution in [2.24, 2.45) is 0 Å². The highest BCUT2D eigenvalue weighted by Crippen LogP contribution is 2.40. The molecule has 2 aliphatic rings. The maximum absolute atomic E-state index is 3.76. The van der Waals surface area contributed by atoms with Crippen LogP contribution in [0.3, 0.4) is 0 Å². The third-order valence-electron chi connectivity index (χ3n) is 4.67. The Hall–Kier alpha value is -0.820. The van der Waals surface area contributed by atoms with E-state index in [2.05, 4.69) is 36.5 Å². The Bertz CT molecular complexity index is 394. The van der Waals surface area contributed by atoms with Gasteiger partial charge in [-0.3, -0.25) is 0 Å². The molecule has 3 rings (SSSR count). The highest BCUT2D eigenvalue weighted by molar-refractivity contribution is 5.37. The van der Waals surface area contributed by atoms with E-state index in [0.29, 0.717) is 5.41 Å². The van der Waals surface area contributed by atoms with Gasteiger partial charge in [0.1, 0.15) is 0 Å². The van der Waals surface area contributed by atoms with Crippen LogP contribution in [0.15, 0.2) is 24.3 Å². The number of benzene rings is 1. The first-order chi connectivity index (χ1) is 8.34. The molecule has 1 nitrogen and oxygen atoms in total. The minimum absolute atomic E-state index is 0.414. The van der Waals surface area contributed by atoms with E-state index < -0.39 is 0 Å². The largest absolute Gasteiger partial charge is 0.313 e. The Labute approximate surface area is 105 Å². The van der Waals surface area contributed by atoms with Crippen molar-refractivity contribution in [1.29, 1.82) is 0 Å². The molecule has 1 saturated carbocycles. The summed E-state index contributed by atoms with van der Waals surface area (Å²) in [6.45, 7) is 3.54. The second kappa shape index (κ2) is 4.45. The van der Waals surface area contributed by atoms with Gasteiger partial charge in [-0.1, -0.05) is 31.2 Å². The van der Waals surface area contributed by atoms with Crippen molar-refractivity contribution in [2.45, 2.75) is 56.9 Å². The van der Waals surface area contributed by atoms with E-state index >= 15 is 0 Å². The van der Waals surface area contributed by atoms with Gasteiger partial charge in [-0.05, 0) is 49.7 Å². The molecular formula is C16H23N. The molecule has 0 radical (unpaired) electrons. The Kier molecular flexibility index (Phi) is 2.96. The number of aryl methyl sites for hydroxylation is 1. The highest BCUT2D eigenvalue weighted by Gasteiger charge is 2.36. The van der Waals surface area contributed by atoms with Gasteiger partial charge in [0, 0.05) is 18.0 Å². The van der Waals surface area contributed by atoms with Gasteiger partial charge in [-0.25, -0.2) is 0 Å². The molecule has 1 heteroatoms. The molecule has 17 heavy (non-hydrogen) atoms. The Balaban J connectivity index is 1.87. The fourth-order valence-electron chi connectivity index (χ4n) is 3.31. The lowest BCUT2D eigenvalue weighted by Crippen LogP contribution is -2.41. The maximum atomic E-state index is 3.76. The molecule has 0 spiro atoms. The first-order valence-corrected chi connectivity index (χ1v) is 7.16. The quantitative estimate of drug-likeness (QED) is 0.834. The molecule has 92 valence electrons. The summed E-state index contributed by atoms with van der Waals surface area (Å²) < 4.78 is 0. The summed E-state index contributed by atoms with van der Waals surface area (Å²) >= 11 is 0. The first kappa shape index (κ1) is 11.3. The van der Waals surface area contributed by atoms with Crippen LogP contribution in [0.25, 0.3) is 0 Å². The summed E-state index contributed by atoms with van der Waals surface area (Å²) in [4.78, 5) is 0. The third-order valence-corrected chi connectivity index (χ3v) is 4.67. The van der Waals surface area contributed by atoms with Crippen LogP contribution in [0.2, 0.25) is 0 Å². The molecule has 0 saturated heterocycles. The van der Waals surface area contributed by atoms with Crippen molar-refractivity contribution in [1.82, 2.24) is 5.32 Å². The monoisotopic (exact) mass is 229 g/mol. The average molecular weight is 229 g/mol. The van der Waals surface area contributed by atoms with Gasteiger partial charge in [-0.2, -0.15) is 0 Å². The summed E-state index contributed by atoms with van der Waals surface area (Å²) in [5.74, 6) is 0. The van der Waals surface area contributed by atoms with Crippen molar-refractivity contribution < 1.29 is 0 Å². The van der Waals surface area contributed by atoms with Crippen molar-refractivity contribution in [3.8, 4) is 0 Å². The molecule has 0 amide bonds. The molecule has 1 atom stereocenters. The topological polar surface area (TPSA) is 12.0 Å². The van der Waals surface area contributed by atoms with Gasteiger partial charge in [0.05, 0.1) is 0 Å². The van der Waals surface area contributed by atoms with Crippen LogP contribution >= 0.6 is 0 Å². The third kappa shape index (κ3) is 2.13. The van der Waals surface area contributed by atoms with Gasteiger partial charge < -0.3 is 5.32 Å². The van der Waals surface area contributed by atoms with E-state index in [4.69, 9.17) is 0 Å². The van der Waals surface area contributed by atoms with Gasteiger partial charge in [0.15, 0.2) is 0 Å². The Morgan fingerprint density at radius 3 is 2.88 bits per heavy atom. The fourth-order valence-corrected chi connectivity index (χ4v) is 3.31. The van der Waals surface area contributed by atoms with Crippen LogP contribution in [0.1, 0.15) is 50.2 Å². The van der Waals surface area contributed by atoms with Crippen molar-refractivity contribution in [3.05, 3.63) is 35.4 Å². The normalized spacial score (nSPS) is 27.8. The minimum Gasteiger partial charge on any atom is -0.313 e. The van der Waals surface area contributed by atoms with Crippen molar-refractivity contribution in [3.63, 3.8) is 0 Å². The van der Waals surface area contributed by atoms with E-state index in [1.54, 1.807) is 11.1 Å². The number of hydrogen-bond donors (Lipinski definition) is 1. The minimum atomic E-state index is 0.414. The summed E-state index contributed by atoms with van der Waals surface area (Å²) in [5.41, 5.74) is 3.64. The smallest absolute Gasteiger partial charge is 0.00781 e.